The van der Waals surface area contributed by atoms with Crippen LogP contribution in [0.4, 0.5) is 4.79 Å². The number of halogens is 3. The number of carbonyl (C=O) groups is 7. The van der Waals surface area contributed by atoms with Crippen molar-refractivity contribution in [1.82, 2.24) is 4.90 Å². The predicted molar refractivity (Wildman–Crippen MR) is 350 cm³/mol. The molecule has 0 heterocycles. The molecule has 4 N–H and O–H groups in total. The zero-order valence-corrected chi connectivity index (χ0v) is 63.3. The molecule has 0 unspecified atom stereocenters. The van der Waals surface area contributed by atoms with E-state index >= 15 is 0 Å². The zero-order valence-electron chi connectivity index (χ0n) is 53.0. The first-order valence-electron chi connectivity index (χ1n) is 26.9. The van der Waals surface area contributed by atoms with Crippen molar-refractivity contribution in [2.45, 2.75) is 148 Å². The van der Waals surface area contributed by atoms with Crippen LogP contribution in [0.1, 0.15) is 149 Å². The van der Waals surface area contributed by atoms with Crippen LogP contribution in [-0.4, -0.2) is 172 Å². The Morgan fingerprint density at radius 2 is 0.791 bits per heavy atom. The minimum atomic E-state index is -1.42. The molecule has 0 saturated carbocycles. The van der Waals surface area contributed by atoms with Crippen molar-refractivity contribution < 1.29 is 139 Å². The number of aliphatic hydroxyl groups is 4. The molecule has 0 spiro atoms. The van der Waals surface area contributed by atoms with Crippen LogP contribution in [0.25, 0.3) is 0 Å². The van der Waals surface area contributed by atoms with E-state index in [0.717, 1.165) is 11.8 Å². The summed E-state index contributed by atoms with van der Waals surface area (Å²) in [6, 6.07) is 19.3. The second-order valence-electron chi connectivity index (χ2n) is 20.6. The standard InChI is InChI=1S/C19H26O6S2.C16H21BrO5.C12H16O4.C6H15N.C4H6Br2O.C3H6O2S.K/c1-6-23-17(26)27-19(4,5)16(21)25-12-11-24-14-9-7-13(8-10-14)15(20)18(2,3)22;1-15(2,17)14(19)22-10-9-21-12-7-5-11(6-8-12)13(18)16(3,4)20;1-12(2,15)11(14)9-3-5-10(6-4-9)16-8-7-13;1-4-7(5-2)6-3;1-4(2,6)3(5)7;1-2-5-3(4)6;/h7-10,22H,6,11-12H2,1-5H3;5-8,20H,9-10H2,1-4H3;3-6,13,15H,7-8H2,1-2H3;4-6H2,1-3H3;1-2H3;2H2,1H3,(H,4,6);/q;;;;;;+1/p-1. The number of aliphatic hydroxyl groups excluding tert-OH is 1. The fourth-order valence-corrected chi connectivity index (χ4v) is 7.16. The van der Waals surface area contributed by atoms with Crippen LogP contribution in [-0.2, 0) is 46.0 Å². The number of ketones is 3. The van der Waals surface area contributed by atoms with Crippen molar-refractivity contribution in [2.75, 3.05) is 72.5 Å². The quantitative estimate of drug-likeness (QED) is 0.00678. The molecule has 26 heteroatoms. The van der Waals surface area contributed by atoms with E-state index in [-0.39, 0.29) is 119 Å². The van der Waals surface area contributed by atoms with Gasteiger partial charge in [-0.2, -0.15) is 0 Å². The molecule has 0 aliphatic rings. The molecule has 0 bridgehead atoms. The average molecular weight is 1490 g/mol. The SMILES string of the molecule is CC(C)(Br)C(=O)Br.CC(C)(O)C(=O)c1ccc(OCCO)cc1.CC(C)(O)C(=O)c1ccc(OCCOC(=O)C(C)(C)Br)cc1.CCN(CC)CC.CCOC(=O)[S-].CCOC(=S)SC(C)(C)C(=O)OCCOc1ccc(C(=O)C(C)(C)O)cc1.[K+]. The molecule has 0 aliphatic heterocycles. The number of thioether (sulfide) groups is 1. The van der Waals surface area contributed by atoms with E-state index in [1.165, 1.54) is 61.2 Å². The molecule has 0 atom stereocenters. The van der Waals surface area contributed by atoms with Gasteiger partial charge >= 0.3 is 63.3 Å². The number of benzene rings is 3. The van der Waals surface area contributed by atoms with Crippen LogP contribution in [0.15, 0.2) is 72.8 Å². The number of carbonyl (C=O) groups excluding carboxylic acids is 7. The van der Waals surface area contributed by atoms with E-state index in [1.807, 2.05) is 6.92 Å². The number of hydrogen-bond acceptors (Lipinski definition) is 22. The first-order chi connectivity index (χ1) is 39.0. The number of rotatable bonds is 26. The second kappa shape index (κ2) is 45.7. The molecule has 0 aromatic heterocycles. The number of esters is 2. The number of thiocarbonyl (C=S) groups is 1. The molecule has 482 valence electrons. The van der Waals surface area contributed by atoms with Crippen LogP contribution < -0.4 is 65.6 Å². The van der Waals surface area contributed by atoms with Crippen molar-refractivity contribution in [3.63, 3.8) is 0 Å². The van der Waals surface area contributed by atoms with Crippen LogP contribution in [0.3, 0.4) is 0 Å². The Morgan fingerprint density at radius 1 is 0.500 bits per heavy atom. The number of ether oxygens (including phenoxy) is 7. The largest absolute Gasteiger partial charge is 1.00 e. The first-order valence-corrected chi connectivity index (χ1v) is 31.0. The van der Waals surface area contributed by atoms with Crippen molar-refractivity contribution in [3.05, 3.63) is 89.5 Å². The molecule has 0 fully saturated rings. The van der Waals surface area contributed by atoms with Gasteiger partial charge in [-0.3, -0.25) is 33.6 Å². The molecule has 0 amide bonds. The molecule has 3 rings (SSSR count). The fraction of sp³-hybridized carbons (Fsp3) is 0.567. The van der Waals surface area contributed by atoms with Crippen molar-refractivity contribution >= 4 is 128 Å². The van der Waals surface area contributed by atoms with Crippen molar-refractivity contribution in [2.24, 2.45) is 0 Å². The number of alkyl halides is 2. The molecule has 0 radical (unpaired) electrons. The van der Waals surface area contributed by atoms with Crippen LogP contribution in [0.2, 0.25) is 0 Å². The van der Waals surface area contributed by atoms with Crippen LogP contribution in [0.5, 0.6) is 17.2 Å². The van der Waals surface area contributed by atoms with Gasteiger partial charge in [-0.15, -0.1) is 0 Å². The molecule has 19 nitrogen and oxygen atoms in total. The monoisotopic (exact) mass is 1480 g/mol. The molecule has 3 aromatic carbocycles. The maximum atomic E-state index is 12.2. The summed E-state index contributed by atoms with van der Waals surface area (Å²) in [4.78, 5) is 81.5. The van der Waals surface area contributed by atoms with Crippen molar-refractivity contribution in [1.29, 1.82) is 0 Å². The van der Waals surface area contributed by atoms with Gasteiger partial charge in [0.2, 0.25) is 9.08 Å². The summed E-state index contributed by atoms with van der Waals surface area (Å²) in [7, 11) is 0. The molecule has 86 heavy (non-hydrogen) atoms. The summed E-state index contributed by atoms with van der Waals surface area (Å²) < 4.78 is 34.0. The maximum absolute atomic E-state index is 12.2. The Hall–Kier alpha value is -2.51. The Morgan fingerprint density at radius 3 is 1.00 bits per heavy atom. The van der Waals surface area contributed by atoms with Crippen LogP contribution >= 0.6 is 71.8 Å². The first kappa shape index (κ1) is 89.9. The third-order valence-corrected chi connectivity index (χ3v) is 13.9. The van der Waals surface area contributed by atoms with E-state index in [9.17, 15) is 48.9 Å². The normalized spacial score (nSPS) is 11.1. The van der Waals surface area contributed by atoms with Gasteiger partial charge in [-0.05, 0) is 218 Å². The van der Waals surface area contributed by atoms with E-state index in [4.69, 9.17) is 45.7 Å². The maximum Gasteiger partial charge on any atom is 1.00 e. The van der Waals surface area contributed by atoms with E-state index < -0.39 is 41.5 Å². The minimum absolute atomic E-state index is 0. The van der Waals surface area contributed by atoms with Gasteiger partial charge in [0.15, 0.2) is 22.7 Å². The topological polar surface area (TPSA) is 268 Å². The summed E-state index contributed by atoms with van der Waals surface area (Å²) in [6.07, 6.45) is 0. The summed E-state index contributed by atoms with van der Waals surface area (Å²) in [5.41, 5.74) is -2.96. The number of Topliss-reactive ketones (excluding diaryl/α,β-unsaturated/α-hetero) is 3. The van der Waals surface area contributed by atoms with Gasteiger partial charge < -0.3 is 71.1 Å². The van der Waals surface area contributed by atoms with Gasteiger partial charge in [0.25, 0.3) is 0 Å². The third-order valence-electron chi connectivity index (χ3n) is 10.2. The van der Waals surface area contributed by atoms with E-state index in [0.29, 0.717) is 51.5 Å². The molecule has 0 aliphatic carbocycles. The average Bonchev–Trinajstić information content (AvgIpc) is 3.25. The Bertz CT molecular complexity index is 2460. The summed E-state index contributed by atoms with van der Waals surface area (Å²) in [5.74, 6) is -0.153. The molecular weight excluding hydrogens is 1400 g/mol. The third kappa shape index (κ3) is 43.2. The molecular formula is C60H89Br3KNO18S3. The van der Waals surface area contributed by atoms with Gasteiger partial charge in [0, 0.05) is 16.7 Å². The predicted octanol–water partition coefficient (Wildman–Crippen LogP) is 8.27. The summed E-state index contributed by atoms with van der Waals surface area (Å²) in [6.45, 7) is 34.3. The zero-order chi connectivity index (χ0) is 66.6. The summed E-state index contributed by atoms with van der Waals surface area (Å²) in [5, 5.41) is 36.9. The Balaban J connectivity index is -0.000000510. The Kier molecular flexibility index (Phi) is 47.8. The van der Waals surface area contributed by atoms with E-state index in [1.54, 1.807) is 121 Å². The van der Waals surface area contributed by atoms with Crippen LogP contribution in [0, 0.1) is 0 Å². The number of hydrogen-bond donors (Lipinski definition) is 4. The second-order valence-corrected chi connectivity index (χ2v) is 27.8. The molecule has 3 aromatic rings. The Labute approximate surface area is 592 Å². The van der Waals surface area contributed by atoms with Gasteiger partial charge in [-0.25, -0.2) is 0 Å². The smallest absolute Gasteiger partial charge is 0.698 e. The van der Waals surface area contributed by atoms with Crippen molar-refractivity contribution in [3.8, 4) is 17.2 Å². The van der Waals surface area contributed by atoms with Gasteiger partial charge in [-0.1, -0.05) is 64.4 Å². The minimum Gasteiger partial charge on any atom is -0.698 e. The summed E-state index contributed by atoms with van der Waals surface area (Å²) >= 11 is 19.4. The van der Waals surface area contributed by atoms with Gasteiger partial charge in [0.05, 0.1) is 24.1 Å². The number of nitrogens with zero attached hydrogens (tertiary/aromatic N) is 1. The molecule has 0 saturated heterocycles. The van der Waals surface area contributed by atoms with E-state index in [2.05, 4.69) is 90.8 Å². The fourth-order valence-electron chi connectivity index (χ4n) is 5.45. The van der Waals surface area contributed by atoms with Gasteiger partial charge in [0.1, 0.15) is 76.2 Å².